The monoisotopic (exact) mass is 376 g/mol. The predicted octanol–water partition coefficient (Wildman–Crippen LogP) is 1.39. The van der Waals surface area contributed by atoms with Gasteiger partial charge in [0.05, 0.1) is 13.7 Å². The molecule has 140 valence electrons. The zero-order valence-electron chi connectivity index (χ0n) is 15.6. The van der Waals surface area contributed by atoms with Crippen LogP contribution in [0.15, 0.2) is 24.3 Å². The third kappa shape index (κ3) is 4.42. The van der Waals surface area contributed by atoms with E-state index in [0.717, 1.165) is 22.8 Å². The molecule has 7 heteroatoms. The summed E-state index contributed by atoms with van der Waals surface area (Å²) >= 11 is 1.13. The Morgan fingerprint density at radius 3 is 2.58 bits per heavy atom. The van der Waals surface area contributed by atoms with Crippen LogP contribution in [0.2, 0.25) is 0 Å². The molecule has 0 aliphatic heterocycles. The first kappa shape index (κ1) is 19.9. The highest BCUT2D eigenvalue weighted by atomic mass is 32.1. The highest BCUT2D eigenvalue weighted by Gasteiger charge is 2.28. The minimum atomic E-state index is -0.477. The van der Waals surface area contributed by atoms with E-state index in [0.29, 0.717) is 27.5 Å². The zero-order chi connectivity index (χ0) is 19.3. The van der Waals surface area contributed by atoms with Crippen LogP contribution in [-0.4, -0.2) is 32.6 Å². The number of quaternary nitrogens is 1. The predicted molar refractivity (Wildman–Crippen MR) is 104 cm³/mol. The second-order valence-electron chi connectivity index (χ2n) is 6.19. The highest BCUT2D eigenvalue weighted by Crippen LogP contribution is 2.31. The number of esters is 1. The number of thiophene rings is 1. The maximum absolute atomic E-state index is 12.4. The van der Waals surface area contributed by atoms with Crippen LogP contribution < -0.4 is 16.0 Å². The number of aryl methyl sites for hydroxylation is 1. The van der Waals surface area contributed by atoms with Gasteiger partial charge >= 0.3 is 5.97 Å². The van der Waals surface area contributed by atoms with Gasteiger partial charge in [0.2, 0.25) is 0 Å². The third-order valence-electron chi connectivity index (χ3n) is 4.18. The second-order valence-corrected chi connectivity index (χ2v) is 7.24. The molecule has 0 aliphatic carbocycles. The quantitative estimate of drug-likeness (QED) is 0.638. The minimum absolute atomic E-state index is 0.240. The molecule has 0 fully saturated rings. The Morgan fingerprint density at radius 2 is 1.96 bits per heavy atom. The number of benzene rings is 1. The number of hydrogen-bond donors (Lipinski definition) is 3. The molecular formula is C19H26N3O3S+. The summed E-state index contributed by atoms with van der Waals surface area (Å²) in [5, 5.41) is 2.94. The van der Waals surface area contributed by atoms with Gasteiger partial charge in [0.1, 0.15) is 28.5 Å². The standard InChI is InChI=1S/C19H25N3O3S/c1-5-25-19(24)15-14(16(18(23)21-3)26-17(15)20)11-22(4)10-13-9-7-6-8-12(13)2/h6-9H,5,10-11,20H2,1-4H3,(H,21,23)/p+1. The van der Waals surface area contributed by atoms with Crippen molar-refractivity contribution in [2.24, 2.45) is 0 Å². The van der Waals surface area contributed by atoms with Gasteiger partial charge in [-0.2, -0.15) is 0 Å². The molecule has 1 aromatic heterocycles. The van der Waals surface area contributed by atoms with Crippen molar-refractivity contribution in [3.8, 4) is 0 Å². The number of rotatable bonds is 7. The third-order valence-corrected chi connectivity index (χ3v) is 5.24. The first-order valence-corrected chi connectivity index (χ1v) is 9.36. The summed E-state index contributed by atoms with van der Waals surface area (Å²) in [6, 6.07) is 8.19. The molecule has 6 nitrogen and oxygen atoms in total. The maximum Gasteiger partial charge on any atom is 0.341 e. The van der Waals surface area contributed by atoms with Crippen LogP contribution in [0.25, 0.3) is 0 Å². The summed E-state index contributed by atoms with van der Waals surface area (Å²) in [6.07, 6.45) is 0. The topological polar surface area (TPSA) is 85.9 Å². The lowest BCUT2D eigenvalue weighted by atomic mass is 10.1. The summed E-state index contributed by atoms with van der Waals surface area (Å²) < 4.78 is 5.14. The normalized spacial score (nSPS) is 11.8. The van der Waals surface area contributed by atoms with Gasteiger partial charge in [-0.3, -0.25) is 4.79 Å². The summed E-state index contributed by atoms with van der Waals surface area (Å²) in [4.78, 5) is 26.2. The van der Waals surface area contributed by atoms with Crippen LogP contribution in [0.1, 0.15) is 43.6 Å². The van der Waals surface area contributed by atoms with Gasteiger partial charge in [-0.1, -0.05) is 24.3 Å². The van der Waals surface area contributed by atoms with Gasteiger partial charge < -0.3 is 20.7 Å². The van der Waals surface area contributed by atoms with Crippen molar-refractivity contribution in [3.05, 3.63) is 51.4 Å². The molecule has 0 bridgehead atoms. The van der Waals surface area contributed by atoms with Gasteiger partial charge in [-0.25, -0.2) is 4.79 Å². The average molecular weight is 377 g/mol. The largest absolute Gasteiger partial charge is 0.462 e. The number of carbonyl (C=O) groups excluding carboxylic acids is 2. The van der Waals surface area contributed by atoms with Crippen molar-refractivity contribution in [3.63, 3.8) is 0 Å². The molecule has 1 amide bonds. The Kier molecular flexibility index (Phi) is 6.76. The van der Waals surface area contributed by atoms with Crippen LogP contribution in [0.5, 0.6) is 0 Å². The Bertz CT molecular complexity index is 801. The van der Waals surface area contributed by atoms with E-state index in [1.807, 2.05) is 19.2 Å². The lowest BCUT2D eigenvalue weighted by Crippen LogP contribution is -3.06. The molecule has 2 aromatic rings. The number of nitrogens with two attached hydrogens (primary N) is 1. The van der Waals surface area contributed by atoms with E-state index in [9.17, 15) is 9.59 Å². The SMILES string of the molecule is CCOC(=O)c1c(N)sc(C(=O)NC)c1C[NH+](C)Cc1ccccc1C. The van der Waals surface area contributed by atoms with Gasteiger partial charge in [0, 0.05) is 18.2 Å². The van der Waals surface area contributed by atoms with E-state index in [2.05, 4.69) is 24.4 Å². The molecule has 1 heterocycles. The number of hydrogen-bond acceptors (Lipinski definition) is 5. The summed E-state index contributed by atoms with van der Waals surface area (Å²) in [5.41, 5.74) is 9.46. The lowest BCUT2D eigenvalue weighted by molar-refractivity contribution is -0.907. The van der Waals surface area contributed by atoms with Crippen molar-refractivity contribution < 1.29 is 19.2 Å². The van der Waals surface area contributed by atoms with Crippen molar-refractivity contribution in [1.82, 2.24) is 5.32 Å². The van der Waals surface area contributed by atoms with E-state index in [1.54, 1.807) is 14.0 Å². The number of anilines is 1. The van der Waals surface area contributed by atoms with Crippen LogP contribution >= 0.6 is 11.3 Å². The Balaban J connectivity index is 2.34. The molecule has 1 aromatic carbocycles. The van der Waals surface area contributed by atoms with Gasteiger partial charge in [-0.15, -0.1) is 11.3 Å². The second kappa shape index (κ2) is 8.82. The van der Waals surface area contributed by atoms with Crippen LogP contribution in [0, 0.1) is 6.92 Å². The van der Waals surface area contributed by atoms with Crippen molar-refractivity contribution >= 4 is 28.2 Å². The molecule has 0 saturated heterocycles. The van der Waals surface area contributed by atoms with Crippen LogP contribution in [-0.2, 0) is 17.8 Å². The number of amides is 1. The highest BCUT2D eigenvalue weighted by molar-refractivity contribution is 7.18. The zero-order valence-corrected chi connectivity index (χ0v) is 16.5. The molecule has 0 spiro atoms. The van der Waals surface area contributed by atoms with E-state index in [4.69, 9.17) is 10.5 Å². The van der Waals surface area contributed by atoms with Gasteiger partial charge in [0.15, 0.2) is 0 Å². The molecule has 2 rings (SSSR count). The Labute approximate surface area is 157 Å². The average Bonchev–Trinajstić information content (AvgIpc) is 2.92. The van der Waals surface area contributed by atoms with Crippen LogP contribution in [0.3, 0.4) is 0 Å². The fourth-order valence-corrected chi connectivity index (χ4v) is 3.90. The molecule has 0 radical (unpaired) electrons. The first-order valence-electron chi connectivity index (χ1n) is 8.55. The molecule has 1 atom stereocenters. The number of nitrogens with one attached hydrogen (secondary N) is 2. The molecule has 0 saturated carbocycles. The van der Waals surface area contributed by atoms with Crippen molar-refractivity contribution in [1.29, 1.82) is 0 Å². The molecule has 1 unspecified atom stereocenters. The summed E-state index contributed by atoms with van der Waals surface area (Å²) in [6.45, 7) is 5.35. The summed E-state index contributed by atoms with van der Waals surface area (Å²) in [5.74, 6) is -0.717. The fourth-order valence-electron chi connectivity index (χ4n) is 2.88. The van der Waals surface area contributed by atoms with E-state index < -0.39 is 5.97 Å². The van der Waals surface area contributed by atoms with Gasteiger partial charge in [0.25, 0.3) is 5.91 Å². The molecule has 26 heavy (non-hydrogen) atoms. The first-order chi connectivity index (χ1) is 12.4. The number of carbonyl (C=O) groups is 2. The molecular weight excluding hydrogens is 350 g/mol. The van der Waals surface area contributed by atoms with E-state index in [-0.39, 0.29) is 12.5 Å². The van der Waals surface area contributed by atoms with Crippen molar-refractivity contribution in [2.75, 3.05) is 26.4 Å². The smallest absolute Gasteiger partial charge is 0.341 e. The lowest BCUT2D eigenvalue weighted by Gasteiger charge is -2.16. The fraction of sp³-hybridized carbons (Fsp3) is 0.368. The Morgan fingerprint density at radius 1 is 1.27 bits per heavy atom. The molecule has 4 N–H and O–H groups in total. The van der Waals surface area contributed by atoms with Crippen molar-refractivity contribution in [2.45, 2.75) is 26.9 Å². The maximum atomic E-state index is 12.4. The summed E-state index contributed by atoms with van der Waals surface area (Å²) in [7, 11) is 3.60. The van der Waals surface area contributed by atoms with E-state index in [1.165, 1.54) is 11.1 Å². The van der Waals surface area contributed by atoms with E-state index >= 15 is 0 Å². The van der Waals surface area contributed by atoms with Crippen LogP contribution in [0.4, 0.5) is 5.00 Å². The minimum Gasteiger partial charge on any atom is -0.462 e. The number of ether oxygens (including phenoxy) is 1. The number of nitrogen functional groups attached to an aromatic ring is 1. The Hall–Kier alpha value is -2.38. The molecule has 0 aliphatic rings. The van der Waals surface area contributed by atoms with Gasteiger partial charge in [-0.05, 0) is 19.4 Å².